The van der Waals surface area contributed by atoms with E-state index in [4.69, 9.17) is 0 Å². The highest BCUT2D eigenvalue weighted by Gasteiger charge is 2.19. The van der Waals surface area contributed by atoms with E-state index in [9.17, 15) is 5.11 Å². The van der Waals surface area contributed by atoms with Gasteiger partial charge in [0.05, 0.1) is 0 Å². The van der Waals surface area contributed by atoms with Crippen molar-refractivity contribution in [2.24, 2.45) is 0 Å². The van der Waals surface area contributed by atoms with Gasteiger partial charge in [-0.25, -0.2) is 0 Å². The van der Waals surface area contributed by atoms with Gasteiger partial charge in [-0.05, 0) is 71.0 Å². The molecule has 0 radical (unpaired) electrons. The highest BCUT2D eigenvalue weighted by atomic mass is 16.3. The van der Waals surface area contributed by atoms with Crippen molar-refractivity contribution < 1.29 is 5.11 Å². The molecule has 1 atom stereocenters. The fourth-order valence-corrected chi connectivity index (χ4v) is 4.52. The first-order chi connectivity index (χ1) is 14.9. The van der Waals surface area contributed by atoms with Gasteiger partial charge in [0.15, 0.2) is 0 Å². The van der Waals surface area contributed by atoms with Crippen LogP contribution in [0.4, 0.5) is 5.69 Å². The van der Waals surface area contributed by atoms with Crippen molar-refractivity contribution in [3.63, 3.8) is 0 Å². The molecule has 0 bridgehead atoms. The topological polar surface area (TPSA) is 23.5 Å². The lowest BCUT2D eigenvalue weighted by molar-refractivity contribution is 0.219. The minimum atomic E-state index is -0.611. The minimum Gasteiger partial charge on any atom is -0.384 e. The van der Waals surface area contributed by atoms with Gasteiger partial charge in [0.1, 0.15) is 6.10 Å². The van der Waals surface area contributed by atoms with Crippen LogP contribution in [0.15, 0.2) is 72.8 Å². The molecule has 3 aromatic rings. The maximum atomic E-state index is 11.2. The van der Waals surface area contributed by atoms with Crippen molar-refractivity contribution in [2.75, 3.05) is 18.0 Å². The van der Waals surface area contributed by atoms with E-state index in [2.05, 4.69) is 68.1 Å². The zero-order valence-corrected chi connectivity index (χ0v) is 19.1. The SMILES string of the molecule is CC(C)(C)c1ccc(Cc2cc(N3CCCCC3)ccc2C(O)c2ccccc2)cc1. The molecule has 2 heteroatoms. The zero-order chi connectivity index (χ0) is 21.8. The second-order valence-corrected chi connectivity index (χ2v) is 9.87. The molecule has 0 amide bonds. The molecule has 1 fully saturated rings. The Morgan fingerprint density at radius 3 is 2.16 bits per heavy atom. The third-order valence-electron chi connectivity index (χ3n) is 6.47. The molecule has 1 N–H and O–H groups in total. The van der Waals surface area contributed by atoms with Gasteiger partial charge >= 0.3 is 0 Å². The highest BCUT2D eigenvalue weighted by molar-refractivity contribution is 5.54. The van der Waals surface area contributed by atoms with Gasteiger partial charge in [0, 0.05) is 18.8 Å². The third-order valence-corrected chi connectivity index (χ3v) is 6.47. The van der Waals surface area contributed by atoms with Crippen molar-refractivity contribution in [1.29, 1.82) is 0 Å². The second kappa shape index (κ2) is 9.28. The fourth-order valence-electron chi connectivity index (χ4n) is 4.52. The molecule has 3 aromatic carbocycles. The normalized spacial score (nSPS) is 15.7. The highest BCUT2D eigenvalue weighted by Crippen LogP contribution is 2.31. The van der Waals surface area contributed by atoms with Gasteiger partial charge in [0.2, 0.25) is 0 Å². The fraction of sp³-hybridized carbons (Fsp3) is 0.379. The Bertz CT molecular complexity index is 979. The monoisotopic (exact) mass is 413 g/mol. The summed E-state index contributed by atoms with van der Waals surface area (Å²) in [5, 5.41) is 11.2. The number of hydrogen-bond donors (Lipinski definition) is 1. The van der Waals surface area contributed by atoms with Crippen molar-refractivity contribution in [1.82, 2.24) is 0 Å². The lowest BCUT2D eigenvalue weighted by Crippen LogP contribution is -2.29. The first-order valence-electron chi connectivity index (χ1n) is 11.6. The summed E-state index contributed by atoms with van der Waals surface area (Å²) >= 11 is 0. The van der Waals surface area contributed by atoms with Crippen molar-refractivity contribution in [3.8, 4) is 0 Å². The first-order valence-corrected chi connectivity index (χ1v) is 11.6. The van der Waals surface area contributed by atoms with Crippen LogP contribution in [0.1, 0.15) is 74.0 Å². The summed E-state index contributed by atoms with van der Waals surface area (Å²) in [5.41, 5.74) is 7.23. The molecule has 1 heterocycles. The number of anilines is 1. The molecule has 0 aliphatic carbocycles. The summed E-state index contributed by atoms with van der Waals surface area (Å²) in [5.74, 6) is 0. The van der Waals surface area contributed by atoms with Gasteiger partial charge in [-0.1, -0.05) is 81.4 Å². The molecular formula is C29H35NO. The zero-order valence-electron chi connectivity index (χ0n) is 19.1. The number of rotatable bonds is 5. The van der Waals surface area contributed by atoms with Crippen molar-refractivity contribution in [2.45, 2.75) is 58.0 Å². The Balaban J connectivity index is 1.68. The average molecular weight is 414 g/mol. The van der Waals surface area contributed by atoms with Crippen LogP contribution < -0.4 is 4.90 Å². The average Bonchev–Trinajstić information content (AvgIpc) is 2.79. The van der Waals surface area contributed by atoms with E-state index in [1.807, 2.05) is 30.3 Å². The lowest BCUT2D eigenvalue weighted by atomic mass is 9.86. The first kappa shape index (κ1) is 21.6. The maximum Gasteiger partial charge on any atom is 0.104 e. The minimum absolute atomic E-state index is 0.154. The van der Waals surface area contributed by atoms with E-state index < -0.39 is 6.10 Å². The van der Waals surface area contributed by atoms with Gasteiger partial charge in [-0.15, -0.1) is 0 Å². The molecule has 1 saturated heterocycles. The van der Waals surface area contributed by atoms with Crippen molar-refractivity contribution >= 4 is 5.69 Å². The summed E-state index contributed by atoms with van der Waals surface area (Å²) in [4.78, 5) is 2.49. The van der Waals surface area contributed by atoms with Gasteiger partial charge < -0.3 is 10.0 Å². The molecule has 0 aromatic heterocycles. The van der Waals surface area contributed by atoms with Crippen LogP contribution in [-0.2, 0) is 11.8 Å². The van der Waals surface area contributed by atoms with E-state index >= 15 is 0 Å². The molecular weight excluding hydrogens is 378 g/mol. The van der Waals surface area contributed by atoms with Gasteiger partial charge in [0.25, 0.3) is 0 Å². The third kappa shape index (κ3) is 5.19. The number of benzene rings is 3. The van der Waals surface area contributed by atoms with Gasteiger partial charge in [-0.2, -0.15) is 0 Å². The summed E-state index contributed by atoms with van der Waals surface area (Å²) in [7, 11) is 0. The predicted octanol–water partition coefficient (Wildman–Crippen LogP) is 6.65. The number of nitrogens with zero attached hydrogens (tertiary/aromatic N) is 1. The van der Waals surface area contributed by atoms with Crippen LogP contribution in [0.25, 0.3) is 0 Å². The summed E-state index contributed by atoms with van der Waals surface area (Å²) in [6.45, 7) is 9.00. The Morgan fingerprint density at radius 2 is 1.52 bits per heavy atom. The maximum absolute atomic E-state index is 11.2. The Morgan fingerprint density at radius 1 is 0.839 bits per heavy atom. The number of hydrogen-bond acceptors (Lipinski definition) is 2. The summed E-state index contributed by atoms with van der Waals surface area (Å²) in [6.07, 6.45) is 4.07. The van der Waals surface area contributed by atoms with Crippen molar-refractivity contribution in [3.05, 3.63) is 101 Å². The molecule has 162 valence electrons. The standard InChI is InChI=1S/C29H35NO/c1-29(2,3)25-14-12-22(13-15-25)20-24-21-26(30-18-8-5-9-19-30)16-17-27(24)28(31)23-10-6-4-7-11-23/h4,6-7,10-17,21,28,31H,5,8-9,18-20H2,1-3H3. The van der Waals surface area contributed by atoms with Gasteiger partial charge in [-0.3, -0.25) is 0 Å². The molecule has 1 unspecified atom stereocenters. The Hall–Kier alpha value is -2.58. The van der Waals surface area contributed by atoms with E-state index in [0.29, 0.717) is 0 Å². The quantitative estimate of drug-likeness (QED) is 0.506. The van der Waals surface area contributed by atoms with E-state index in [0.717, 1.165) is 30.6 Å². The molecule has 31 heavy (non-hydrogen) atoms. The smallest absolute Gasteiger partial charge is 0.104 e. The summed E-state index contributed by atoms with van der Waals surface area (Å²) < 4.78 is 0. The van der Waals surface area contributed by atoms with E-state index in [1.54, 1.807) is 0 Å². The molecule has 4 rings (SSSR count). The van der Waals surface area contributed by atoms with Crippen LogP contribution >= 0.6 is 0 Å². The summed E-state index contributed by atoms with van der Waals surface area (Å²) in [6, 6.07) is 25.6. The Labute approximate surface area is 187 Å². The van der Waals surface area contributed by atoms with Crippen LogP contribution in [-0.4, -0.2) is 18.2 Å². The largest absolute Gasteiger partial charge is 0.384 e. The van der Waals surface area contributed by atoms with E-state index in [-0.39, 0.29) is 5.41 Å². The van der Waals surface area contributed by atoms with Crippen LogP contribution in [0.3, 0.4) is 0 Å². The number of aliphatic hydroxyl groups is 1. The predicted molar refractivity (Wildman–Crippen MR) is 131 cm³/mol. The van der Waals surface area contributed by atoms with Crippen LogP contribution in [0, 0.1) is 0 Å². The second-order valence-electron chi connectivity index (χ2n) is 9.87. The lowest BCUT2D eigenvalue weighted by Gasteiger charge is -2.30. The molecule has 0 spiro atoms. The van der Waals surface area contributed by atoms with Crippen LogP contribution in [0.5, 0.6) is 0 Å². The molecule has 1 aliphatic heterocycles. The molecule has 2 nitrogen and oxygen atoms in total. The van der Waals surface area contributed by atoms with Crippen LogP contribution in [0.2, 0.25) is 0 Å². The van der Waals surface area contributed by atoms with E-state index in [1.165, 1.54) is 41.6 Å². The Kier molecular flexibility index (Phi) is 6.48. The molecule has 0 saturated carbocycles. The number of aliphatic hydroxyl groups excluding tert-OH is 1. The number of piperidine rings is 1. The molecule has 1 aliphatic rings.